The van der Waals surface area contributed by atoms with E-state index in [1.807, 2.05) is 60.7 Å². The van der Waals surface area contributed by atoms with E-state index >= 15 is 0 Å². The number of ether oxygens (including phenoxy) is 2. The molecule has 0 aliphatic rings. The van der Waals surface area contributed by atoms with Gasteiger partial charge in [0.2, 0.25) is 5.91 Å². The minimum Gasteiger partial charge on any atom is -0.354 e. The standard InChI is InChI=1S/C19H23NO4S/c1-23-19(24-2)17(25(22)14-16-11-7-4-8-12-16)18(21)20-13-15-9-5-3-6-10-15/h3-12,17,19H,13-14H2,1-2H3,(H,20,21)/t17-,25+/m0/s1. The first-order chi connectivity index (χ1) is 12.2. The highest BCUT2D eigenvalue weighted by Crippen LogP contribution is 2.14. The Bertz CT molecular complexity index is 674. The maximum atomic E-state index is 12.8. The third-order valence-corrected chi connectivity index (χ3v) is 5.34. The van der Waals surface area contributed by atoms with Crippen molar-refractivity contribution in [3.63, 3.8) is 0 Å². The Morgan fingerprint density at radius 1 is 0.960 bits per heavy atom. The number of amides is 1. The summed E-state index contributed by atoms with van der Waals surface area (Å²) < 4.78 is 23.2. The van der Waals surface area contributed by atoms with Crippen LogP contribution in [0.1, 0.15) is 11.1 Å². The van der Waals surface area contributed by atoms with Crippen molar-refractivity contribution in [3.8, 4) is 0 Å². The third kappa shape index (κ3) is 5.77. The van der Waals surface area contributed by atoms with Crippen molar-refractivity contribution >= 4 is 16.7 Å². The lowest BCUT2D eigenvalue weighted by Crippen LogP contribution is -2.46. The molecule has 5 nitrogen and oxygen atoms in total. The molecule has 0 aromatic heterocycles. The number of hydrogen-bond acceptors (Lipinski definition) is 4. The molecule has 1 N–H and O–H groups in total. The molecule has 0 fully saturated rings. The van der Waals surface area contributed by atoms with Crippen molar-refractivity contribution in [3.05, 3.63) is 71.8 Å². The Balaban J connectivity index is 2.08. The topological polar surface area (TPSA) is 64.6 Å². The van der Waals surface area contributed by atoms with E-state index in [4.69, 9.17) is 9.47 Å². The summed E-state index contributed by atoms with van der Waals surface area (Å²) in [6, 6.07) is 19.0. The van der Waals surface area contributed by atoms with E-state index in [-0.39, 0.29) is 11.7 Å². The molecule has 0 saturated carbocycles. The van der Waals surface area contributed by atoms with Gasteiger partial charge in [0, 0.05) is 37.3 Å². The number of carbonyl (C=O) groups excluding carboxylic acids is 1. The van der Waals surface area contributed by atoms with Crippen LogP contribution in [0, 0.1) is 0 Å². The number of hydrogen-bond donors (Lipinski definition) is 1. The number of benzene rings is 2. The first-order valence-electron chi connectivity index (χ1n) is 7.94. The van der Waals surface area contributed by atoms with Gasteiger partial charge in [0.25, 0.3) is 0 Å². The summed E-state index contributed by atoms with van der Waals surface area (Å²) in [4.78, 5) is 12.6. The van der Waals surface area contributed by atoms with Gasteiger partial charge < -0.3 is 14.8 Å². The summed E-state index contributed by atoms with van der Waals surface area (Å²) in [5.74, 6) is -0.0974. The molecule has 0 bridgehead atoms. The lowest BCUT2D eigenvalue weighted by Gasteiger charge is -2.23. The summed E-state index contributed by atoms with van der Waals surface area (Å²) in [7, 11) is 1.38. The van der Waals surface area contributed by atoms with Gasteiger partial charge in [-0.05, 0) is 11.1 Å². The van der Waals surface area contributed by atoms with Crippen molar-refractivity contribution < 1.29 is 18.5 Å². The Morgan fingerprint density at radius 2 is 1.48 bits per heavy atom. The SMILES string of the molecule is COC(OC)[C@H](C(=O)NCc1ccccc1)[S@](=O)Cc1ccccc1. The fraction of sp³-hybridized carbons (Fsp3) is 0.316. The molecule has 0 spiro atoms. The lowest BCUT2D eigenvalue weighted by atomic mass is 10.2. The summed E-state index contributed by atoms with van der Waals surface area (Å²) in [6.07, 6.45) is -0.875. The van der Waals surface area contributed by atoms with E-state index in [1.54, 1.807) is 0 Å². The molecule has 2 atom stereocenters. The molecule has 6 heteroatoms. The van der Waals surface area contributed by atoms with E-state index in [9.17, 15) is 9.00 Å². The Labute approximate surface area is 150 Å². The Morgan fingerprint density at radius 3 is 2.00 bits per heavy atom. The van der Waals surface area contributed by atoms with Crippen LogP contribution in [0.15, 0.2) is 60.7 Å². The molecule has 0 aliphatic carbocycles. The van der Waals surface area contributed by atoms with Crippen LogP contribution in [-0.4, -0.2) is 35.9 Å². The molecule has 0 saturated heterocycles. The molecule has 2 rings (SSSR count). The molecule has 0 radical (unpaired) electrons. The largest absolute Gasteiger partial charge is 0.354 e. The molecular formula is C19H23NO4S. The zero-order chi connectivity index (χ0) is 18.1. The molecule has 2 aromatic rings. The molecule has 1 amide bonds. The van der Waals surface area contributed by atoms with Crippen LogP contribution in [0.25, 0.3) is 0 Å². The highest BCUT2D eigenvalue weighted by molar-refractivity contribution is 7.85. The molecule has 25 heavy (non-hydrogen) atoms. The van der Waals surface area contributed by atoms with Gasteiger partial charge in [-0.25, -0.2) is 0 Å². The molecule has 0 aliphatic heterocycles. The van der Waals surface area contributed by atoms with Crippen molar-refractivity contribution in [2.24, 2.45) is 0 Å². The summed E-state index contributed by atoms with van der Waals surface area (Å²) in [6.45, 7) is 0.360. The normalized spacial score (nSPS) is 13.4. The van der Waals surface area contributed by atoms with Gasteiger partial charge in [0.05, 0.1) is 0 Å². The van der Waals surface area contributed by atoms with E-state index in [1.165, 1.54) is 14.2 Å². The van der Waals surface area contributed by atoms with Gasteiger partial charge >= 0.3 is 0 Å². The number of rotatable bonds is 9. The number of methoxy groups -OCH3 is 2. The number of carbonyl (C=O) groups is 1. The van der Waals surface area contributed by atoms with Crippen LogP contribution >= 0.6 is 0 Å². The summed E-state index contributed by atoms with van der Waals surface area (Å²) in [5.41, 5.74) is 1.86. The summed E-state index contributed by atoms with van der Waals surface area (Å²) >= 11 is 0. The predicted octanol–water partition coefficient (Wildman–Crippen LogP) is 2.24. The van der Waals surface area contributed by atoms with Crippen molar-refractivity contribution in [2.45, 2.75) is 23.8 Å². The zero-order valence-corrected chi connectivity index (χ0v) is 15.2. The zero-order valence-electron chi connectivity index (χ0n) is 14.4. The second-order valence-corrected chi connectivity index (χ2v) is 7.03. The van der Waals surface area contributed by atoms with Gasteiger partial charge in [-0.1, -0.05) is 60.7 Å². The van der Waals surface area contributed by atoms with Crippen LogP contribution in [0.4, 0.5) is 0 Å². The average Bonchev–Trinajstić information content (AvgIpc) is 2.65. The van der Waals surface area contributed by atoms with Crippen LogP contribution in [0.5, 0.6) is 0 Å². The minimum atomic E-state index is -1.49. The van der Waals surface area contributed by atoms with E-state index in [0.717, 1.165) is 11.1 Å². The van der Waals surface area contributed by atoms with Gasteiger partial charge in [-0.15, -0.1) is 0 Å². The van der Waals surface area contributed by atoms with Gasteiger partial charge in [0.15, 0.2) is 11.5 Å². The maximum Gasteiger partial charge on any atom is 0.241 e. The van der Waals surface area contributed by atoms with Crippen molar-refractivity contribution in [1.29, 1.82) is 0 Å². The second-order valence-electron chi connectivity index (χ2n) is 5.47. The molecule has 0 heterocycles. The highest BCUT2D eigenvalue weighted by Gasteiger charge is 2.34. The fourth-order valence-corrected chi connectivity index (χ4v) is 3.92. The van der Waals surface area contributed by atoms with Crippen LogP contribution < -0.4 is 5.32 Å². The second kappa shape index (κ2) is 10.1. The Kier molecular flexibility index (Phi) is 7.78. The van der Waals surface area contributed by atoms with Crippen molar-refractivity contribution in [2.75, 3.05) is 14.2 Å². The minimum absolute atomic E-state index is 0.257. The average molecular weight is 361 g/mol. The predicted molar refractivity (Wildman–Crippen MR) is 98.2 cm³/mol. The van der Waals surface area contributed by atoms with E-state index in [0.29, 0.717) is 6.54 Å². The monoisotopic (exact) mass is 361 g/mol. The van der Waals surface area contributed by atoms with Gasteiger partial charge in [0.1, 0.15) is 0 Å². The quantitative estimate of drug-likeness (QED) is 0.696. The third-order valence-electron chi connectivity index (χ3n) is 3.71. The molecule has 0 unspecified atom stereocenters. The Hall–Kier alpha value is -2.02. The highest BCUT2D eigenvalue weighted by atomic mass is 32.2. The van der Waals surface area contributed by atoms with E-state index in [2.05, 4.69) is 5.32 Å². The first-order valence-corrected chi connectivity index (χ1v) is 9.32. The van der Waals surface area contributed by atoms with Crippen molar-refractivity contribution in [1.82, 2.24) is 5.32 Å². The van der Waals surface area contributed by atoms with Crippen LogP contribution in [0.3, 0.4) is 0 Å². The van der Waals surface area contributed by atoms with Crippen LogP contribution in [-0.2, 0) is 37.4 Å². The number of nitrogens with one attached hydrogen (secondary N) is 1. The molecular weight excluding hydrogens is 338 g/mol. The summed E-state index contributed by atoms with van der Waals surface area (Å²) in [5, 5.41) is 1.91. The smallest absolute Gasteiger partial charge is 0.241 e. The maximum absolute atomic E-state index is 12.8. The van der Waals surface area contributed by atoms with Gasteiger partial charge in [-0.2, -0.15) is 0 Å². The lowest BCUT2D eigenvalue weighted by molar-refractivity contribution is -0.137. The first kappa shape index (κ1) is 19.3. The molecule has 134 valence electrons. The molecule has 2 aromatic carbocycles. The fourth-order valence-electron chi connectivity index (χ4n) is 2.42. The van der Waals surface area contributed by atoms with Gasteiger partial charge in [-0.3, -0.25) is 9.00 Å². The van der Waals surface area contributed by atoms with E-state index < -0.39 is 22.3 Å². The van der Waals surface area contributed by atoms with Crippen LogP contribution in [0.2, 0.25) is 0 Å².